The summed E-state index contributed by atoms with van der Waals surface area (Å²) in [5.74, 6) is 0.449. The van der Waals surface area contributed by atoms with Crippen molar-refractivity contribution in [2.24, 2.45) is 11.8 Å². The van der Waals surface area contributed by atoms with E-state index in [-0.39, 0.29) is 5.92 Å². The summed E-state index contributed by atoms with van der Waals surface area (Å²) in [5, 5.41) is 12.9. The molecule has 0 spiro atoms. The molecule has 0 saturated heterocycles. The van der Waals surface area contributed by atoms with Gasteiger partial charge in [-0.25, -0.2) is 0 Å². The van der Waals surface area contributed by atoms with Gasteiger partial charge in [-0.2, -0.15) is 0 Å². The molecular weight excluding hydrogens is 254 g/mol. The Balaban J connectivity index is 1.75. The van der Waals surface area contributed by atoms with Gasteiger partial charge in [0.15, 0.2) is 0 Å². The normalized spacial score (nSPS) is 29.8. The molecule has 2 saturated carbocycles. The maximum Gasteiger partial charge on any atom is 0.324 e. The molecule has 4 heteroatoms. The van der Waals surface area contributed by atoms with E-state index in [9.17, 15) is 9.90 Å². The Bertz CT molecular complexity index is 317. The fourth-order valence-corrected chi connectivity index (χ4v) is 3.39. The Morgan fingerprint density at radius 1 is 1.30 bits per heavy atom. The van der Waals surface area contributed by atoms with E-state index in [4.69, 9.17) is 4.74 Å². The molecule has 2 aliphatic rings. The van der Waals surface area contributed by atoms with E-state index >= 15 is 0 Å². The van der Waals surface area contributed by atoms with Crippen LogP contribution in [0.15, 0.2) is 0 Å². The largest absolute Gasteiger partial charge is 0.480 e. The van der Waals surface area contributed by atoms with E-state index in [1.165, 1.54) is 19.3 Å². The van der Waals surface area contributed by atoms with Gasteiger partial charge in [-0.05, 0) is 50.5 Å². The highest BCUT2D eigenvalue weighted by Gasteiger charge is 2.48. The molecule has 2 rings (SSSR count). The van der Waals surface area contributed by atoms with Gasteiger partial charge in [0.05, 0.1) is 0 Å². The molecule has 2 atom stereocenters. The molecule has 0 aromatic carbocycles. The lowest BCUT2D eigenvalue weighted by Crippen LogP contribution is -2.55. The highest BCUT2D eigenvalue weighted by molar-refractivity contribution is 5.79. The number of ether oxygens (including phenoxy) is 1. The highest BCUT2D eigenvalue weighted by atomic mass is 16.5. The third-order valence-electron chi connectivity index (χ3n) is 4.87. The Hall–Kier alpha value is -0.610. The summed E-state index contributed by atoms with van der Waals surface area (Å²) in [6, 6.07) is 0. The van der Waals surface area contributed by atoms with E-state index in [1.54, 1.807) is 0 Å². The molecule has 0 bridgehead atoms. The van der Waals surface area contributed by atoms with Crippen LogP contribution in [0, 0.1) is 11.8 Å². The van der Waals surface area contributed by atoms with Crippen molar-refractivity contribution in [1.82, 2.24) is 5.32 Å². The number of carboxylic acids is 1. The van der Waals surface area contributed by atoms with Crippen molar-refractivity contribution >= 4 is 5.97 Å². The van der Waals surface area contributed by atoms with Gasteiger partial charge in [-0.3, -0.25) is 4.79 Å². The lowest BCUT2D eigenvalue weighted by atomic mass is 9.84. The molecule has 2 N–H and O–H groups in total. The van der Waals surface area contributed by atoms with Gasteiger partial charge in [0, 0.05) is 13.2 Å². The van der Waals surface area contributed by atoms with Gasteiger partial charge >= 0.3 is 5.97 Å². The Morgan fingerprint density at radius 3 is 2.70 bits per heavy atom. The van der Waals surface area contributed by atoms with Gasteiger partial charge < -0.3 is 15.2 Å². The van der Waals surface area contributed by atoms with Gasteiger partial charge in [0.2, 0.25) is 0 Å². The minimum Gasteiger partial charge on any atom is -0.480 e. The average molecular weight is 283 g/mol. The second-order valence-electron chi connectivity index (χ2n) is 6.43. The lowest BCUT2D eigenvalue weighted by molar-refractivity contribution is -0.147. The van der Waals surface area contributed by atoms with Crippen molar-refractivity contribution < 1.29 is 14.6 Å². The molecule has 0 radical (unpaired) electrons. The van der Waals surface area contributed by atoms with Crippen LogP contribution in [0.2, 0.25) is 0 Å². The predicted molar refractivity (Wildman–Crippen MR) is 78.8 cm³/mol. The number of carboxylic acid groups (broad SMARTS) is 1. The zero-order chi connectivity index (χ0) is 14.4. The quantitative estimate of drug-likeness (QED) is 0.605. The first-order valence-corrected chi connectivity index (χ1v) is 8.25. The second kappa shape index (κ2) is 7.41. The van der Waals surface area contributed by atoms with Crippen LogP contribution in [-0.2, 0) is 9.53 Å². The first-order valence-electron chi connectivity index (χ1n) is 8.25. The molecule has 0 aromatic rings. The van der Waals surface area contributed by atoms with Crippen molar-refractivity contribution in [3.63, 3.8) is 0 Å². The van der Waals surface area contributed by atoms with E-state index < -0.39 is 11.5 Å². The van der Waals surface area contributed by atoms with Crippen molar-refractivity contribution in [3.05, 3.63) is 0 Å². The van der Waals surface area contributed by atoms with Crippen molar-refractivity contribution in [3.8, 4) is 0 Å². The van der Waals surface area contributed by atoms with Gasteiger partial charge in [0.25, 0.3) is 0 Å². The molecule has 0 aromatic heterocycles. The summed E-state index contributed by atoms with van der Waals surface area (Å²) in [4.78, 5) is 11.7. The van der Waals surface area contributed by atoms with Crippen molar-refractivity contribution in [2.45, 2.75) is 63.8 Å². The van der Waals surface area contributed by atoms with Crippen LogP contribution in [0.3, 0.4) is 0 Å². The molecule has 2 unspecified atom stereocenters. The van der Waals surface area contributed by atoms with Crippen LogP contribution >= 0.6 is 0 Å². The van der Waals surface area contributed by atoms with Crippen molar-refractivity contribution in [2.75, 3.05) is 19.8 Å². The fourth-order valence-electron chi connectivity index (χ4n) is 3.39. The zero-order valence-corrected chi connectivity index (χ0v) is 12.7. The standard InChI is InChI=1S/C16H29NO3/c1-2-10-17-16(15(18)19)9-3-4-14(16)8-12-20-11-7-13-5-6-13/h13-14,17H,2-12H2,1H3,(H,18,19). The molecule has 0 heterocycles. The summed E-state index contributed by atoms with van der Waals surface area (Å²) >= 11 is 0. The Kier molecular flexibility index (Phi) is 5.85. The third kappa shape index (κ3) is 3.95. The first-order chi connectivity index (χ1) is 9.69. The Labute approximate surface area is 122 Å². The fraction of sp³-hybridized carbons (Fsp3) is 0.938. The van der Waals surface area contributed by atoms with E-state index in [2.05, 4.69) is 12.2 Å². The lowest BCUT2D eigenvalue weighted by Gasteiger charge is -2.32. The Morgan fingerprint density at radius 2 is 2.05 bits per heavy atom. The number of hydrogen-bond acceptors (Lipinski definition) is 3. The summed E-state index contributed by atoms with van der Waals surface area (Å²) in [6.07, 6.45) is 8.54. The maximum atomic E-state index is 11.7. The molecule has 0 amide bonds. The summed E-state index contributed by atoms with van der Waals surface area (Å²) in [7, 11) is 0. The zero-order valence-electron chi connectivity index (χ0n) is 12.7. The summed E-state index contributed by atoms with van der Waals surface area (Å²) in [5.41, 5.74) is -0.699. The minimum absolute atomic E-state index is 0.215. The molecule has 4 nitrogen and oxygen atoms in total. The smallest absolute Gasteiger partial charge is 0.324 e. The van der Waals surface area contributed by atoms with Crippen LogP contribution < -0.4 is 5.32 Å². The van der Waals surface area contributed by atoms with Gasteiger partial charge in [0.1, 0.15) is 5.54 Å². The first kappa shape index (κ1) is 15.8. The van der Waals surface area contributed by atoms with E-state index in [0.717, 1.165) is 51.2 Å². The van der Waals surface area contributed by atoms with Crippen LogP contribution in [0.5, 0.6) is 0 Å². The summed E-state index contributed by atoms with van der Waals surface area (Å²) < 4.78 is 5.70. The number of aliphatic carboxylic acids is 1. The van der Waals surface area contributed by atoms with Crippen LogP contribution in [0.1, 0.15) is 58.3 Å². The van der Waals surface area contributed by atoms with Crippen LogP contribution in [0.25, 0.3) is 0 Å². The minimum atomic E-state index is -0.699. The SMILES string of the molecule is CCCNC1(C(=O)O)CCCC1CCOCCC1CC1. The monoisotopic (exact) mass is 283 g/mol. The number of nitrogens with one attached hydrogen (secondary N) is 1. The number of hydrogen-bond donors (Lipinski definition) is 2. The van der Waals surface area contributed by atoms with Crippen LogP contribution in [-0.4, -0.2) is 36.4 Å². The molecule has 116 valence electrons. The molecule has 2 aliphatic carbocycles. The molecular formula is C16H29NO3. The molecule has 0 aliphatic heterocycles. The van der Waals surface area contributed by atoms with Crippen molar-refractivity contribution in [1.29, 1.82) is 0 Å². The molecule has 20 heavy (non-hydrogen) atoms. The third-order valence-corrected chi connectivity index (χ3v) is 4.87. The van der Waals surface area contributed by atoms with Crippen LogP contribution in [0.4, 0.5) is 0 Å². The second-order valence-corrected chi connectivity index (χ2v) is 6.43. The molecule has 2 fully saturated rings. The number of carbonyl (C=O) groups is 1. The maximum absolute atomic E-state index is 11.7. The number of rotatable bonds is 10. The topological polar surface area (TPSA) is 58.6 Å². The van der Waals surface area contributed by atoms with Gasteiger partial charge in [-0.15, -0.1) is 0 Å². The van der Waals surface area contributed by atoms with E-state index in [0.29, 0.717) is 6.61 Å². The highest BCUT2D eigenvalue weighted by Crippen LogP contribution is 2.38. The summed E-state index contributed by atoms with van der Waals surface area (Å²) in [6.45, 7) is 4.42. The van der Waals surface area contributed by atoms with Gasteiger partial charge in [-0.1, -0.05) is 26.2 Å². The predicted octanol–water partition coefficient (Wildman–Crippen LogP) is 2.82. The average Bonchev–Trinajstić information content (AvgIpc) is 3.16. The van der Waals surface area contributed by atoms with E-state index in [1.807, 2.05) is 0 Å².